The summed E-state index contributed by atoms with van der Waals surface area (Å²) in [5.74, 6) is 0. The summed E-state index contributed by atoms with van der Waals surface area (Å²) in [7, 11) is 0. The molecule has 0 aliphatic rings. The molecule has 6 aromatic rings. The van der Waals surface area contributed by atoms with Gasteiger partial charge < -0.3 is 5.73 Å². The minimum absolute atomic E-state index is 0.641. The molecule has 2 N–H and O–H groups in total. The quantitative estimate of drug-likeness (QED) is 0.409. The van der Waals surface area contributed by atoms with E-state index in [0.29, 0.717) is 6.54 Å². The van der Waals surface area contributed by atoms with Crippen LogP contribution in [0.4, 0.5) is 0 Å². The van der Waals surface area contributed by atoms with Crippen molar-refractivity contribution in [3.05, 3.63) is 97.1 Å². The molecule has 31 heavy (non-hydrogen) atoms. The number of benzene rings is 2. The Bertz CT molecular complexity index is 1460. The second-order valence-corrected chi connectivity index (χ2v) is 7.25. The van der Waals surface area contributed by atoms with Gasteiger partial charge in [-0.05, 0) is 67.1 Å². The smallest absolute Gasteiger partial charge is 0.0798 e. The van der Waals surface area contributed by atoms with Crippen molar-refractivity contribution in [2.24, 2.45) is 5.73 Å². The molecule has 6 rings (SSSR count). The highest BCUT2D eigenvalue weighted by molar-refractivity contribution is 6.05. The predicted molar refractivity (Wildman–Crippen MR) is 127 cm³/mol. The summed E-state index contributed by atoms with van der Waals surface area (Å²) in [6.07, 6.45) is 8.10. The molecule has 4 heterocycles. The average Bonchev–Trinajstić information content (AvgIpc) is 2.85. The molecule has 0 spiro atoms. The standard InChI is InChI=1S/C14H13N3.C12H8N2/c15-6-5-10-9-13-12(4-2-7-16-13)14-11(10)3-1-8-17-14;1-3-9-5-6-11-10(4-2-7-13-11)12(9)14-8-1/h1-4,7-9H,5-6,15H2;1-8H. The third kappa shape index (κ3) is 3.67. The van der Waals surface area contributed by atoms with Gasteiger partial charge in [-0.15, -0.1) is 0 Å². The van der Waals surface area contributed by atoms with E-state index in [1.54, 1.807) is 6.20 Å². The SMILES string of the molecule is NCCc1cc2ncccc2c2ncccc12.c1cnc2c(c1)ccc1ncccc12. The lowest BCUT2D eigenvalue weighted by Crippen LogP contribution is -2.03. The van der Waals surface area contributed by atoms with E-state index in [9.17, 15) is 0 Å². The largest absolute Gasteiger partial charge is 0.330 e. The Labute approximate surface area is 179 Å². The summed E-state index contributed by atoms with van der Waals surface area (Å²) in [6, 6.07) is 22.3. The second-order valence-electron chi connectivity index (χ2n) is 7.25. The summed E-state index contributed by atoms with van der Waals surface area (Å²) < 4.78 is 0. The second kappa shape index (κ2) is 8.42. The van der Waals surface area contributed by atoms with Crippen LogP contribution in [0, 0.1) is 0 Å². The molecule has 0 unspecified atom stereocenters. The Morgan fingerprint density at radius 1 is 0.581 bits per heavy atom. The Balaban J connectivity index is 0.000000134. The predicted octanol–water partition coefficient (Wildman–Crippen LogP) is 5.07. The molecule has 0 bridgehead atoms. The average molecular weight is 403 g/mol. The zero-order valence-electron chi connectivity index (χ0n) is 16.9. The van der Waals surface area contributed by atoms with Gasteiger partial charge in [-0.1, -0.05) is 18.2 Å². The molecule has 0 aliphatic heterocycles. The Hall–Kier alpha value is -3.96. The number of pyridine rings is 4. The van der Waals surface area contributed by atoms with Gasteiger partial charge in [-0.25, -0.2) is 0 Å². The molecular formula is C26H21N5. The van der Waals surface area contributed by atoms with Gasteiger partial charge in [0.1, 0.15) is 0 Å². The first kappa shape index (κ1) is 19.0. The molecule has 0 saturated heterocycles. The highest BCUT2D eigenvalue weighted by Gasteiger charge is 2.07. The molecule has 0 radical (unpaired) electrons. The zero-order valence-corrected chi connectivity index (χ0v) is 16.9. The molecular weight excluding hydrogens is 382 g/mol. The molecule has 4 aromatic heterocycles. The van der Waals surface area contributed by atoms with E-state index in [1.807, 2.05) is 48.9 Å². The number of hydrogen-bond donors (Lipinski definition) is 1. The maximum absolute atomic E-state index is 5.65. The third-order valence-corrected chi connectivity index (χ3v) is 5.33. The number of fused-ring (bicyclic) bond motifs is 6. The van der Waals surface area contributed by atoms with Crippen LogP contribution in [-0.4, -0.2) is 26.5 Å². The molecule has 5 heteroatoms. The van der Waals surface area contributed by atoms with Gasteiger partial charge in [0.15, 0.2) is 0 Å². The highest BCUT2D eigenvalue weighted by atomic mass is 14.7. The molecule has 0 amide bonds. The van der Waals surface area contributed by atoms with Crippen molar-refractivity contribution in [1.29, 1.82) is 0 Å². The Morgan fingerprint density at radius 3 is 1.97 bits per heavy atom. The van der Waals surface area contributed by atoms with Crippen LogP contribution >= 0.6 is 0 Å². The van der Waals surface area contributed by atoms with Gasteiger partial charge in [-0.3, -0.25) is 19.9 Å². The van der Waals surface area contributed by atoms with E-state index in [0.717, 1.165) is 44.6 Å². The fraction of sp³-hybridized carbons (Fsp3) is 0.0769. The van der Waals surface area contributed by atoms with Crippen molar-refractivity contribution in [3.63, 3.8) is 0 Å². The van der Waals surface area contributed by atoms with Crippen LogP contribution in [0.3, 0.4) is 0 Å². The molecule has 150 valence electrons. The lowest BCUT2D eigenvalue weighted by atomic mass is 10.0. The summed E-state index contributed by atoms with van der Waals surface area (Å²) in [5, 5.41) is 4.56. The number of nitrogens with two attached hydrogens (primary N) is 1. The van der Waals surface area contributed by atoms with E-state index in [4.69, 9.17) is 5.73 Å². The van der Waals surface area contributed by atoms with Crippen LogP contribution < -0.4 is 5.73 Å². The summed E-state index contributed by atoms with van der Waals surface area (Å²) in [6.45, 7) is 0.641. The van der Waals surface area contributed by atoms with Crippen LogP contribution in [-0.2, 0) is 6.42 Å². The van der Waals surface area contributed by atoms with Crippen molar-refractivity contribution in [2.75, 3.05) is 6.54 Å². The highest BCUT2D eigenvalue weighted by Crippen LogP contribution is 2.26. The first-order valence-electron chi connectivity index (χ1n) is 10.2. The van der Waals surface area contributed by atoms with E-state index < -0.39 is 0 Å². The van der Waals surface area contributed by atoms with E-state index in [-0.39, 0.29) is 0 Å². The van der Waals surface area contributed by atoms with Crippen molar-refractivity contribution < 1.29 is 0 Å². The normalized spacial score (nSPS) is 11.0. The van der Waals surface area contributed by atoms with E-state index in [2.05, 4.69) is 56.3 Å². The monoisotopic (exact) mass is 403 g/mol. The van der Waals surface area contributed by atoms with Gasteiger partial charge >= 0.3 is 0 Å². The van der Waals surface area contributed by atoms with Crippen LogP contribution in [0.25, 0.3) is 43.6 Å². The van der Waals surface area contributed by atoms with Crippen molar-refractivity contribution in [2.45, 2.75) is 6.42 Å². The molecule has 0 fully saturated rings. The topological polar surface area (TPSA) is 77.6 Å². The minimum Gasteiger partial charge on any atom is -0.330 e. The number of aromatic nitrogens is 4. The van der Waals surface area contributed by atoms with Crippen molar-refractivity contribution in [1.82, 2.24) is 19.9 Å². The third-order valence-electron chi connectivity index (χ3n) is 5.33. The van der Waals surface area contributed by atoms with Crippen LogP contribution in [0.5, 0.6) is 0 Å². The van der Waals surface area contributed by atoms with Crippen LogP contribution in [0.1, 0.15) is 5.56 Å². The lowest BCUT2D eigenvalue weighted by molar-refractivity contribution is 0.978. The fourth-order valence-electron chi connectivity index (χ4n) is 3.91. The number of hydrogen-bond acceptors (Lipinski definition) is 5. The van der Waals surface area contributed by atoms with E-state index >= 15 is 0 Å². The molecule has 2 aromatic carbocycles. The van der Waals surface area contributed by atoms with Gasteiger partial charge in [0.2, 0.25) is 0 Å². The summed E-state index contributed by atoms with van der Waals surface area (Å²) in [5.41, 5.74) is 10.9. The Morgan fingerprint density at radius 2 is 1.19 bits per heavy atom. The summed E-state index contributed by atoms with van der Waals surface area (Å²) in [4.78, 5) is 17.5. The van der Waals surface area contributed by atoms with Gasteiger partial charge in [0.05, 0.1) is 22.1 Å². The first-order valence-corrected chi connectivity index (χ1v) is 10.2. The molecule has 0 saturated carbocycles. The first-order chi connectivity index (χ1) is 15.3. The number of nitrogens with zero attached hydrogens (tertiary/aromatic N) is 4. The zero-order chi connectivity index (χ0) is 21.0. The van der Waals surface area contributed by atoms with E-state index in [1.165, 1.54) is 10.9 Å². The van der Waals surface area contributed by atoms with Crippen LogP contribution in [0.15, 0.2) is 91.5 Å². The van der Waals surface area contributed by atoms with Crippen molar-refractivity contribution >= 4 is 43.6 Å². The summed E-state index contributed by atoms with van der Waals surface area (Å²) >= 11 is 0. The van der Waals surface area contributed by atoms with Gasteiger partial charge in [-0.2, -0.15) is 0 Å². The number of rotatable bonds is 2. The maximum atomic E-state index is 5.65. The minimum atomic E-state index is 0.641. The van der Waals surface area contributed by atoms with Gasteiger partial charge in [0, 0.05) is 46.3 Å². The molecule has 0 atom stereocenters. The maximum Gasteiger partial charge on any atom is 0.0798 e. The molecule has 5 nitrogen and oxygen atoms in total. The lowest BCUT2D eigenvalue weighted by Gasteiger charge is -2.07. The fourth-order valence-corrected chi connectivity index (χ4v) is 3.91. The van der Waals surface area contributed by atoms with Gasteiger partial charge in [0.25, 0.3) is 0 Å². The molecule has 0 aliphatic carbocycles. The Kier molecular flexibility index (Phi) is 5.17. The van der Waals surface area contributed by atoms with Crippen molar-refractivity contribution in [3.8, 4) is 0 Å². The van der Waals surface area contributed by atoms with Crippen LogP contribution in [0.2, 0.25) is 0 Å².